The van der Waals surface area contributed by atoms with Crippen molar-refractivity contribution in [1.29, 1.82) is 0 Å². The summed E-state index contributed by atoms with van der Waals surface area (Å²) in [6.07, 6.45) is -2.10. The van der Waals surface area contributed by atoms with Crippen LogP contribution in [-0.4, -0.2) is 46.4 Å². The third kappa shape index (κ3) is 7.87. The highest BCUT2D eigenvalue weighted by molar-refractivity contribution is 5.92. The van der Waals surface area contributed by atoms with E-state index in [0.29, 0.717) is 12.0 Å². The number of nitrogens with zero attached hydrogens (tertiary/aromatic N) is 2. The Morgan fingerprint density at radius 1 is 0.927 bits per heavy atom. The van der Waals surface area contributed by atoms with Crippen LogP contribution in [-0.2, 0) is 23.9 Å². The molecule has 0 aliphatic heterocycles. The summed E-state index contributed by atoms with van der Waals surface area (Å²) in [6.45, 7) is 4.07. The van der Waals surface area contributed by atoms with Crippen molar-refractivity contribution in [2.45, 2.75) is 33.0 Å². The molecule has 0 bridgehead atoms. The molecule has 216 valence electrons. The van der Waals surface area contributed by atoms with E-state index in [0.717, 1.165) is 28.6 Å². The van der Waals surface area contributed by atoms with Gasteiger partial charge in [0.05, 0.1) is 11.3 Å². The molecule has 0 fully saturated rings. The minimum absolute atomic E-state index is 0.000323. The maximum atomic E-state index is 14.2. The molecule has 6 nitrogen and oxygen atoms in total. The Morgan fingerprint density at radius 3 is 2.29 bits per heavy atom. The number of nitrogens with one attached hydrogen (secondary N) is 2. The van der Waals surface area contributed by atoms with Crippen molar-refractivity contribution in [2.24, 2.45) is 5.92 Å². The van der Waals surface area contributed by atoms with Crippen LogP contribution in [0.4, 0.5) is 28.0 Å². The van der Waals surface area contributed by atoms with Gasteiger partial charge in [-0.2, -0.15) is 13.2 Å². The summed E-state index contributed by atoms with van der Waals surface area (Å²) >= 11 is 0. The molecule has 0 aliphatic carbocycles. The second kappa shape index (κ2) is 12.9. The summed E-state index contributed by atoms with van der Waals surface area (Å²) < 4.78 is 53.4. The van der Waals surface area contributed by atoms with Crippen molar-refractivity contribution < 1.29 is 27.2 Å². The number of alkyl halides is 3. The molecule has 0 atom stereocenters. The number of H-pyrrole nitrogens is 1. The van der Waals surface area contributed by atoms with Crippen LogP contribution >= 0.6 is 0 Å². The summed E-state index contributed by atoms with van der Waals surface area (Å²) in [6, 6.07) is 17.6. The van der Waals surface area contributed by atoms with Gasteiger partial charge in [0.1, 0.15) is 12.4 Å². The van der Waals surface area contributed by atoms with Crippen molar-refractivity contribution in [1.82, 2.24) is 14.8 Å². The van der Waals surface area contributed by atoms with Gasteiger partial charge in [-0.25, -0.2) is 9.18 Å². The number of para-hydroxylation sites is 2. The average Bonchev–Trinajstić information content (AvgIpc) is 3.34. The highest BCUT2D eigenvalue weighted by atomic mass is 19.4. The van der Waals surface area contributed by atoms with Crippen LogP contribution in [0, 0.1) is 11.7 Å². The fourth-order valence-electron chi connectivity index (χ4n) is 4.59. The first-order chi connectivity index (χ1) is 19.5. The monoisotopic (exact) mass is 568 g/mol. The molecule has 3 amide bonds. The highest BCUT2D eigenvalue weighted by Gasteiger charge is 2.30. The third-order valence-corrected chi connectivity index (χ3v) is 6.65. The lowest BCUT2D eigenvalue weighted by molar-refractivity contribution is -0.137. The molecule has 4 rings (SSSR count). The van der Waals surface area contributed by atoms with E-state index < -0.39 is 23.6 Å². The van der Waals surface area contributed by atoms with E-state index in [2.05, 4.69) is 10.3 Å². The standard InChI is InChI=1S/C31H32F4N4O2/c1-21(2)18-39(30(41)37-28-10-6-4-8-26(28)32)20-29(40)38(19-22-11-13-24(14-12-22)31(33,34)35)16-15-23-17-36-27-9-5-3-7-25(23)27/h3-14,17,21,36H,15-16,18-20H2,1-2H3,(H,37,41). The lowest BCUT2D eigenvalue weighted by atomic mass is 10.1. The van der Waals surface area contributed by atoms with Crippen LogP contribution < -0.4 is 5.32 Å². The SMILES string of the molecule is CC(C)CN(CC(=O)N(CCc1c[nH]c2ccccc12)Cc1ccc(C(F)(F)F)cc1)C(=O)Nc1ccccc1F. The van der Waals surface area contributed by atoms with Crippen LogP contribution in [0.1, 0.15) is 30.5 Å². The zero-order valence-corrected chi connectivity index (χ0v) is 22.8. The number of aromatic nitrogens is 1. The number of amides is 3. The number of carbonyl (C=O) groups is 2. The van der Waals surface area contributed by atoms with Gasteiger partial charge in [0.25, 0.3) is 0 Å². The lowest BCUT2D eigenvalue weighted by Crippen LogP contribution is -2.46. The maximum Gasteiger partial charge on any atom is 0.416 e. The molecule has 4 aromatic rings. The zero-order chi connectivity index (χ0) is 29.6. The van der Waals surface area contributed by atoms with E-state index in [1.807, 2.05) is 44.3 Å². The lowest BCUT2D eigenvalue weighted by Gasteiger charge is -2.29. The Balaban J connectivity index is 1.54. The smallest absolute Gasteiger partial charge is 0.361 e. The van der Waals surface area contributed by atoms with Gasteiger partial charge in [-0.1, -0.05) is 56.3 Å². The Morgan fingerprint density at radius 2 is 1.61 bits per heavy atom. The molecular formula is C31H32F4N4O2. The number of hydrogen-bond acceptors (Lipinski definition) is 2. The normalized spacial score (nSPS) is 11.6. The van der Waals surface area contributed by atoms with Gasteiger partial charge in [-0.05, 0) is 53.8 Å². The second-order valence-electron chi connectivity index (χ2n) is 10.3. The van der Waals surface area contributed by atoms with Crippen molar-refractivity contribution in [3.8, 4) is 0 Å². The van der Waals surface area contributed by atoms with Crippen LogP contribution in [0.25, 0.3) is 10.9 Å². The summed E-state index contributed by atoms with van der Waals surface area (Å²) in [4.78, 5) is 32.8. The van der Waals surface area contributed by atoms with Gasteiger partial charge >= 0.3 is 12.2 Å². The fraction of sp³-hybridized carbons (Fsp3) is 0.290. The minimum atomic E-state index is -4.47. The Bertz CT molecular complexity index is 1480. The molecule has 0 aliphatic rings. The molecule has 0 saturated heterocycles. The minimum Gasteiger partial charge on any atom is -0.361 e. The van der Waals surface area contributed by atoms with Crippen LogP contribution in [0.15, 0.2) is 79.0 Å². The number of anilines is 1. The molecule has 0 spiro atoms. The molecule has 0 saturated carbocycles. The van der Waals surface area contributed by atoms with Gasteiger partial charge < -0.3 is 20.1 Å². The molecule has 2 N–H and O–H groups in total. The van der Waals surface area contributed by atoms with E-state index in [-0.39, 0.29) is 43.7 Å². The quantitative estimate of drug-likeness (QED) is 0.201. The van der Waals surface area contributed by atoms with Gasteiger partial charge in [0.2, 0.25) is 5.91 Å². The molecule has 0 unspecified atom stereocenters. The first-order valence-electron chi connectivity index (χ1n) is 13.3. The Hall–Kier alpha value is -4.34. The maximum absolute atomic E-state index is 14.2. The number of fused-ring (bicyclic) bond motifs is 1. The number of hydrogen-bond donors (Lipinski definition) is 2. The number of benzene rings is 3. The average molecular weight is 569 g/mol. The Labute approximate surface area is 236 Å². The van der Waals surface area contributed by atoms with Crippen molar-refractivity contribution in [2.75, 3.05) is 25.0 Å². The van der Waals surface area contributed by atoms with E-state index in [1.54, 1.807) is 6.07 Å². The predicted molar refractivity (Wildman–Crippen MR) is 151 cm³/mol. The molecular weight excluding hydrogens is 536 g/mol. The topological polar surface area (TPSA) is 68.4 Å². The molecule has 1 aromatic heterocycles. The van der Waals surface area contributed by atoms with E-state index in [1.165, 1.54) is 40.1 Å². The third-order valence-electron chi connectivity index (χ3n) is 6.65. The number of carbonyl (C=O) groups excluding carboxylic acids is 2. The summed E-state index contributed by atoms with van der Waals surface area (Å²) in [7, 11) is 0. The summed E-state index contributed by atoms with van der Waals surface area (Å²) in [5.41, 5.74) is 1.69. The van der Waals surface area contributed by atoms with Gasteiger partial charge in [-0.15, -0.1) is 0 Å². The number of urea groups is 1. The van der Waals surface area contributed by atoms with Crippen molar-refractivity contribution in [3.63, 3.8) is 0 Å². The Kier molecular flexibility index (Phi) is 9.31. The molecule has 41 heavy (non-hydrogen) atoms. The van der Waals surface area contributed by atoms with Gasteiger partial charge in [0, 0.05) is 36.7 Å². The van der Waals surface area contributed by atoms with Gasteiger partial charge in [-0.3, -0.25) is 4.79 Å². The van der Waals surface area contributed by atoms with Crippen molar-refractivity contribution in [3.05, 3.63) is 102 Å². The fourth-order valence-corrected chi connectivity index (χ4v) is 4.59. The molecule has 0 radical (unpaired) electrons. The second-order valence-corrected chi connectivity index (χ2v) is 10.3. The van der Waals surface area contributed by atoms with E-state index in [4.69, 9.17) is 0 Å². The van der Waals surface area contributed by atoms with Crippen LogP contribution in [0.2, 0.25) is 0 Å². The summed E-state index contributed by atoms with van der Waals surface area (Å²) in [5, 5.41) is 3.55. The molecule has 1 heterocycles. The predicted octanol–water partition coefficient (Wildman–Crippen LogP) is 7.09. The first kappa shape index (κ1) is 29.6. The molecule has 3 aromatic carbocycles. The van der Waals surface area contributed by atoms with Gasteiger partial charge in [0.15, 0.2) is 0 Å². The number of halogens is 4. The van der Waals surface area contributed by atoms with Crippen molar-refractivity contribution >= 4 is 28.5 Å². The van der Waals surface area contributed by atoms with E-state index >= 15 is 0 Å². The van der Waals surface area contributed by atoms with Crippen LogP contribution in [0.3, 0.4) is 0 Å². The number of aromatic amines is 1. The largest absolute Gasteiger partial charge is 0.416 e. The molecule has 10 heteroatoms. The number of rotatable bonds is 10. The highest BCUT2D eigenvalue weighted by Crippen LogP contribution is 2.29. The van der Waals surface area contributed by atoms with Crippen LogP contribution in [0.5, 0.6) is 0 Å². The first-order valence-corrected chi connectivity index (χ1v) is 13.3. The summed E-state index contributed by atoms with van der Waals surface area (Å²) in [5.74, 6) is -0.961. The van der Waals surface area contributed by atoms with E-state index in [9.17, 15) is 27.2 Å². The zero-order valence-electron chi connectivity index (χ0n) is 22.8.